The van der Waals surface area contributed by atoms with Crippen LogP contribution >= 0.6 is 0 Å². The summed E-state index contributed by atoms with van der Waals surface area (Å²) in [6.45, 7) is 1.06. The monoisotopic (exact) mass is 369 g/mol. The van der Waals surface area contributed by atoms with Crippen molar-refractivity contribution < 1.29 is 18.1 Å². The highest BCUT2D eigenvalue weighted by molar-refractivity contribution is 5.94. The van der Waals surface area contributed by atoms with Crippen LogP contribution in [0, 0.1) is 11.6 Å². The first-order valence-corrected chi connectivity index (χ1v) is 8.70. The summed E-state index contributed by atoms with van der Waals surface area (Å²) in [5.41, 5.74) is 1.35. The minimum Gasteiger partial charge on any atom is -0.339 e. The Morgan fingerprint density at radius 3 is 2.44 bits per heavy atom. The molecule has 1 aromatic heterocycles. The Kier molecular flexibility index (Phi) is 4.66. The van der Waals surface area contributed by atoms with Crippen molar-refractivity contribution >= 4 is 5.91 Å². The zero-order valence-electron chi connectivity index (χ0n) is 14.4. The highest BCUT2D eigenvalue weighted by Crippen LogP contribution is 2.27. The molecular formula is C20H17F2N3O2. The lowest BCUT2D eigenvalue weighted by Gasteiger charge is -2.15. The van der Waals surface area contributed by atoms with Gasteiger partial charge in [0.25, 0.3) is 5.91 Å². The average molecular weight is 369 g/mol. The summed E-state index contributed by atoms with van der Waals surface area (Å²) in [5, 5.41) is 3.99. The molecule has 4 rings (SSSR count). The fraction of sp³-hybridized carbons (Fsp3) is 0.250. The molecule has 1 saturated heterocycles. The molecule has 7 heteroatoms. The van der Waals surface area contributed by atoms with Gasteiger partial charge in [0.05, 0.1) is 5.92 Å². The van der Waals surface area contributed by atoms with Gasteiger partial charge >= 0.3 is 0 Å². The Morgan fingerprint density at radius 2 is 1.74 bits per heavy atom. The number of hydrogen-bond donors (Lipinski definition) is 0. The first-order chi connectivity index (χ1) is 13.1. The largest absolute Gasteiger partial charge is 0.339 e. The minimum absolute atomic E-state index is 0.0242. The number of rotatable bonds is 4. The van der Waals surface area contributed by atoms with Gasteiger partial charge in [0.15, 0.2) is 5.82 Å². The maximum atomic E-state index is 13.0. The Hall–Kier alpha value is -3.09. The predicted molar refractivity (Wildman–Crippen MR) is 93.2 cm³/mol. The molecule has 2 aromatic carbocycles. The van der Waals surface area contributed by atoms with E-state index in [0.29, 0.717) is 36.8 Å². The van der Waals surface area contributed by atoms with E-state index in [1.807, 2.05) is 0 Å². The zero-order valence-corrected chi connectivity index (χ0v) is 14.4. The average Bonchev–Trinajstić information content (AvgIpc) is 3.33. The van der Waals surface area contributed by atoms with Gasteiger partial charge in [-0.25, -0.2) is 8.78 Å². The second-order valence-electron chi connectivity index (χ2n) is 6.60. The quantitative estimate of drug-likeness (QED) is 0.705. The van der Waals surface area contributed by atoms with Crippen LogP contribution in [-0.2, 0) is 6.42 Å². The van der Waals surface area contributed by atoms with Crippen LogP contribution < -0.4 is 0 Å². The number of aromatic nitrogens is 2. The summed E-state index contributed by atoms with van der Waals surface area (Å²) >= 11 is 0. The number of benzene rings is 2. The standard InChI is InChI=1S/C20H17F2N3O2/c21-16-5-1-13(2-6-16)11-18-23-19(27-24-18)15-9-10-25(12-15)20(26)14-3-7-17(22)8-4-14/h1-8,15H,9-12H2/t15-/m0/s1. The van der Waals surface area contributed by atoms with Crippen LogP contribution in [0.3, 0.4) is 0 Å². The maximum absolute atomic E-state index is 13.0. The molecular weight excluding hydrogens is 352 g/mol. The molecule has 3 aromatic rings. The van der Waals surface area contributed by atoms with Crippen LogP contribution in [0.2, 0.25) is 0 Å². The van der Waals surface area contributed by atoms with Gasteiger partial charge in [0.1, 0.15) is 11.6 Å². The number of amides is 1. The summed E-state index contributed by atoms with van der Waals surface area (Å²) in [4.78, 5) is 18.7. The van der Waals surface area contributed by atoms with E-state index in [1.54, 1.807) is 17.0 Å². The van der Waals surface area contributed by atoms with Gasteiger partial charge in [0, 0.05) is 25.1 Å². The van der Waals surface area contributed by atoms with E-state index in [2.05, 4.69) is 10.1 Å². The van der Waals surface area contributed by atoms with Crippen molar-refractivity contribution in [3.05, 3.63) is 83.0 Å². The van der Waals surface area contributed by atoms with Crippen molar-refractivity contribution in [1.82, 2.24) is 15.0 Å². The molecule has 27 heavy (non-hydrogen) atoms. The lowest BCUT2D eigenvalue weighted by atomic mass is 10.1. The predicted octanol–water partition coefficient (Wildman–Crippen LogP) is 3.57. The summed E-state index contributed by atoms with van der Waals surface area (Å²) in [6, 6.07) is 11.7. The number of carbonyl (C=O) groups is 1. The third-order valence-electron chi connectivity index (χ3n) is 4.68. The first kappa shape index (κ1) is 17.3. The fourth-order valence-electron chi connectivity index (χ4n) is 3.21. The number of nitrogens with zero attached hydrogens (tertiary/aromatic N) is 3. The van der Waals surface area contributed by atoms with Gasteiger partial charge in [-0.1, -0.05) is 17.3 Å². The minimum atomic E-state index is -0.370. The molecule has 0 radical (unpaired) electrons. The molecule has 0 saturated carbocycles. The van der Waals surface area contributed by atoms with Crippen molar-refractivity contribution in [3.63, 3.8) is 0 Å². The van der Waals surface area contributed by atoms with Gasteiger partial charge < -0.3 is 9.42 Å². The van der Waals surface area contributed by atoms with Crippen LogP contribution in [0.25, 0.3) is 0 Å². The molecule has 138 valence electrons. The van der Waals surface area contributed by atoms with Gasteiger partial charge in [-0.2, -0.15) is 4.98 Å². The molecule has 0 aliphatic carbocycles. The number of hydrogen-bond acceptors (Lipinski definition) is 4. The third-order valence-corrected chi connectivity index (χ3v) is 4.68. The molecule has 5 nitrogen and oxygen atoms in total. The van der Waals surface area contributed by atoms with Crippen LogP contribution in [0.4, 0.5) is 8.78 Å². The molecule has 1 amide bonds. The second-order valence-corrected chi connectivity index (χ2v) is 6.60. The van der Waals surface area contributed by atoms with Crippen molar-refractivity contribution in [2.45, 2.75) is 18.8 Å². The Morgan fingerprint density at radius 1 is 1.07 bits per heavy atom. The van der Waals surface area contributed by atoms with Gasteiger partial charge in [-0.05, 0) is 48.4 Å². The van der Waals surface area contributed by atoms with Crippen molar-refractivity contribution in [1.29, 1.82) is 0 Å². The highest BCUT2D eigenvalue weighted by Gasteiger charge is 2.31. The van der Waals surface area contributed by atoms with Crippen molar-refractivity contribution in [3.8, 4) is 0 Å². The second kappa shape index (κ2) is 7.26. The molecule has 1 aliphatic rings. The van der Waals surface area contributed by atoms with Crippen LogP contribution in [0.15, 0.2) is 53.1 Å². The van der Waals surface area contributed by atoms with Crippen LogP contribution in [-0.4, -0.2) is 34.0 Å². The maximum Gasteiger partial charge on any atom is 0.253 e. The molecule has 0 unspecified atom stereocenters. The fourth-order valence-corrected chi connectivity index (χ4v) is 3.21. The SMILES string of the molecule is O=C(c1ccc(F)cc1)N1CC[C@H](c2nc(Cc3ccc(F)cc3)no2)C1. The molecule has 1 aliphatic heterocycles. The Labute approximate surface area is 154 Å². The topological polar surface area (TPSA) is 59.2 Å². The van der Waals surface area contributed by atoms with Crippen LogP contribution in [0.1, 0.15) is 40.0 Å². The van der Waals surface area contributed by atoms with Gasteiger partial charge in [-0.3, -0.25) is 4.79 Å². The Bertz CT molecular complexity index is 939. The highest BCUT2D eigenvalue weighted by atomic mass is 19.1. The van der Waals surface area contributed by atoms with Crippen LogP contribution in [0.5, 0.6) is 0 Å². The summed E-state index contributed by atoms with van der Waals surface area (Å²) in [7, 11) is 0. The zero-order chi connectivity index (χ0) is 18.8. The van der Waals surface area contributed by atoms with Crippen molar-refractivity contribution in [2.24, 2.45) is 0 Å². The number of halogens is 2. The lowest BCUT2D eigenvalue weighted by Crippen LogP contribution is -2.28. The number of likely N-dealkylation sites (tertiary alicyclic amines) is 1. The Balaban J connectivity index is 1.40. The summed E-state index contributed by atoms with van der Waals surface area (Å²) < 4.78 is 31.4. The summed E-state index contributed by atoms with van der Waals surface area (Å²) in [5.74, 6) is 0.212. The molecule has 2 heterocycles. The van der Waals surface area contributed by atoms with E-state index in [9.17, 15) is 13.6 Å². The van der Waals surface area contributed by atoms with E-state index in [1.165, 1.54) is 36.4 Å². The van der Waals surface area contributed by atoms with E-state index < -0.39 is 0 Å². The molecule has 1 atom stereocenters. The van der Waals surface area contributed by atoms with Crippen molar-refractivity contribution in [2.75, 3.05) is 13.1 Å². The number of carbonyl (C=O) groups excluding carboxylic acids is 1. The molecule has 0 spiro atoms. The van der Waals surface area contributed by atoms with E-state index in [-0.39, 0.29) is 23.5 Å². The molecule has 0 N–H and O–H groups in total. The molecule has 0 bridgehead atoms. The first-order valence-electron chi connectivity index (χ1n) is 8.70. The molecule has 1 fully saturated rings. The van der Waals surface area contributed by atoms with Gasteiger partial charge in [-0.15, -0.1) is 0 Å². The van der Waals surface area contributed by atoms with E-state index in [0.717, 1.165) is 12.0 Å². The normalized spacial score (nSPS) is 16.7. The smallest absolute Gasteiger partial charge is 0.253 e. The van der Waals surface area contributed by atoms with E-state index in [4.69, 9.17) is 4.52 Å². The van der Waals surface area contributed by atoms with E-state index >= 15 is 0 Å². The third kappa shape index (κ3) is 3.86. The summed E-state index contributed by atoms with van der Waals surface area (Å²) in [6.07, 6.45) is 1.18. The van der Waals surface area contributed by atoms with Gasteiger partial charge in [0.2, 0.25) is 5.89 Å². The lowest BCUT2D eigenvalue weighted by molar-refractivity contribution is 0.0789.